The Hall–Kier alpha value is -1.36. The average Bonchev–Trinajstić information content (AvgIpc) is 2.86. The normalized spacial score (nSPS) is 12.1. The third kappa shape index (κ3) is 2.16. The topological polar surface area (TPSA) is 103 Å². The van der Waals surface area contributed by atoms with Crippen molar-refractivity contribution < 1.29 is 8.42 Å². The van der Waals surface area contributed by atoms with Gasteiger partial charge >= 0.3 is 0 Å². The zero-order valence-corrected chi connectivity index (χ0v) is 12.4. The molecule has 0 aliphatic heterocycles. The van der Waals surface area contributed by atoms with Gasteiger partial charge in [0, 0.05) is 6.20 Å². The fourth-order valence-corrected chi connectivity index (χ4v) is 3.71. The second-order valence-electron chi connectivity index (χ2n) is 3.57. The predicted octanol–water partition coefficient (Wildman–Crippen LogP) is 1.26. The van der Waals surface area contributed by atoms with Gasteiger partial charge in [-0.1, -0.05) is 17.4 Å². The van der Waals surface area contributed by atoms with Gasteiger partial charge in [-0.3, -0.25) is 4.98 Å². The van der Waals surface area contributed by atoms with E-state index in [-0.39, 0.29) is 4.34 Å². The zero-order valence-electron chi connectivity index (χ0n) is 9.19. The molecule has 0 aromatic carbocycles. The molecule has 0 aliphatic carbocycles. The summed E-state index contributed by atoms with van der Waals surface area (Å²) in [7, 11) is -3.84. The number of primary sulfonamides is 1. The Morgan fingerprint density at radius 2 is 2.16 bits per heavy atom. The van der Waals surface area contributed by atoms with E-state index in [1.807, 2.05) is 6.07 Å². The van der Waals surface area contributed by atoms with Gasteiger partial charge in [-0.15, -0.1) is 5.10 Å². The number of hydrogen-bond acceptors (Lipinski definition) is 6. The van der Waals surface area contributed by atoms with Gasteiger partial charge in [-0.25, -0.2) is 18.5 Å². The monoisotopic (exact) mass is 359 g/mol. The Kier molecular flexibility index (Phi) is 2.89. The lowest BCUT2D eigenvalue weighted by atomic mass is 10.3. The Balaban J connectivity index is 2.30. The van der Waals surface area contributed by atoms with Crippen molar-refractivity contribution in [3.8, 4) is 11.4 Å². The molecular weight excluding hydrogens is 354 g/mol. The maximum atomic E-state index is 11.3. The van der Waals surface area contributed by atoms with E-state index >= 15 is 0 Å². The first-order valence-electron chi connectivity index (χ1n) is 4.96. The molecule has 0 aliphatic rings. The smallest absolute Gasteiger partial charge is 0.255 e. The molecule has 7 nitrogen and oxygen atoms in total. The summed E-state index contributed by atoms with van der Waals surface area (Å²) in [5.41, 5.74) is 1.22. The highest BCUT2D eigenvalue weighted by Gasteiger charge is 2.21. The molecule has 0 amide bonds. The van der Waals surface area contributed by atoms with E-state index in [9.17, 15) is 8.42 Å². The number of hydrogen-bond donors (Lipinski definition) is 1. The number of aromatic nitrogens is 4. The number of nitrogens with two attached hydrogens (primary N) is 1. The number of imidazole rings is 1. The van der Waals surface area contributed by atoms with Crippen LogP contribution in [-0.4, -0.2) is 28.0 Å². The minimum absolute atomic E-state index is 0.181. The molecule has 0 fully saturated rings. The SMILES string of the molecule is NS(=O)(=O)c1nn2c(-c3ccccn3)c(Br)nc2s1. The van der Waals surface area contributed by atoms with E-state index in [0.717, 1.165) is 11.3 Å². The van der Waals surface area contributed by atoms with Crippen LogP contribution in [0.3, 0.4) is 0 Å². The van der Waals surface area contributed by atoms with E-state index in [1.54, 1.807) is 18.3 Å². The summed E-state index contributed by atoms with van der Waals surface area (Å²) in [6.07, 6.45) is 1.63. The lowest BCUT2D eigenvalue weighted by Crippen LogP contribution is -2.12. The van der Waals surface area contributed by atoms with Gasteiger partial charge in [0.15, 0.2) is 0 Å². The number of nitrogens with zero attached hydrogens (tertiary/aromatic N) is 4. The first kappa shape index (κ1) is 12.7. The first-order valence-corrected chi connectivity index (χ1v) is 8.11. The van der Waals surface area contributed by atoms with E-state index < -0.39 is 10.0 Å². The lowest BCUT2D eigenvalue weighted by molar-refractivity contribution is 0.595. The molecule has 2 N–H and O–H groups in total. The van der Waals surface area contributed by atoms with E-state index in [4.69, 9.17) is 5.14 Å². The summed E-state index contributed by atoms with van der Waals surface area (Å²) < 4.78 is 24.4. The van der Waals surface area contributed by atoms with Crippen molar-refractivity contribution in [3.63, 3.8) is 0 Å². The Bertz CT molecular complexity index is 856. The Labute approximate surface area is 120 Å². The van der Waals surface area contributed by atoms with Gasteiger partial charge in [-0.2, -0.15) is 4.52 Å². The highest BCUT2D eigenvalue weighted by molar-refractivity contribution is 9.10. The van der Waals surface area contributed by atoms with Gasteiger partial charge in [0.25, 0.3) is 10.0 Å². The molecule has 3 aromatic rings. The number of halogens is 1. The molecule has 0 bridgehead atoms. The summed E-state index contributed by atoms with van der Waals surface area (Å²) in [6.45, 7) is 0. The summed E-state index contributed by atoms with van der Waals surface area (Å²) in [4.78, 5) is 8.82. The quantitative estimate of drug-likeness (QED) is 0.741. The largest absolute Gasteiger partial charge is 0.267 e. The number of sulfonamides is 1. The molecule has 3 rings (SSSR count). The van der Waals surface area contributed by atoms with Crippen molar-refractivity contribution in [2.75, 3.05) is 0 Å². The molecule has 98 valence electrons. The standard InChI is InChI=1S/C9H6BrN5O2S2/c10-7-6(5-3-1-2-4-12-5)15-8(13-7)18-9(14-15)19(11,16)17/h1-4H,(H2,11,16,17). The molecular formula is C9H6BrN5O2S2. The van der Waals surface area contributed by atoms with Crippen LogP contribution < -0.4 is 5.14 Å². The molecule has 0 saturated carbocycles. The van der Waals surface area contributed by atoms with Gasteiger partial charge in [0.1, 0.15) is 10.3 Å². The van der Waals surface area contributed by atoms with Crippen molar-refractivity contribution in [1.82, 2.24) is 19.6 Å². The molecule has 0 saturated heterocycles. The Morgan fingerprint density at radius 1 is 1.37 bits per heavy atom. The fourth-order valence-electron chi connectivity index (χ4n) is 1.54. The summed E-state index contributed by atoms with van der Waals surface area (Å²) in [5.74, 6) is 0. The molecule has 3 heterocycles. The first-order chi connectivity index (χ1) is 8.97. The fraction of sp³-hybridized carbons (Fsp3) is 0. The highest BCUT2D eigenvalue weighted by Crippen LogP contribution is 2.30. The van der Waals surface area contributed by atoms with Crippen LogP contribution in [0, 0.1) is 0 Å². The second-order valence-corrected chi connectivity index (χ2v) is 7.02. The molecule has 10 heteroatoms. The van der Waals surface area contributed by atoms with Gasteiger partial charge in [0.05, 0.1) is 5.69 Å². The van der Waals surface area contributed by atoms with Crippen LogP contribution >= 0.6 is 27.3 Å². The van der Waals surface area contributed by atoms with Crippen molar-refractivity contribution in [2.24, 2.45) is 5.14 Å². The van der Waals surface area contributed by atoms with Gasteiger partial charge in [0.2, 0.25) is 9.30 Å². The van der Waals surface area contributed by atoms with Gasteiger partial charge < -0.3 is 0 Å². The van der Waals surface area contributed by atoms with Crippen LogP contribution in [0.2, 0.25) is 0 Å². The molecule has 0 unspecified atom stereocenters. The van der Waals surface area contributed by atoms with Crippen LogP contribution in [0.5, 0.6) is 0 Å². The predicted molar refractivity (Wildman–Crippen MR) is 73.2 cm³/mol. The van der Waals surface area contributed by atoms with Crippen LogP contribution in [0.1, 0.15) is 0 Å². The van der Waals surface area contributed by atoms with E-state index in [1.165, 1.54) is 4.52 Å². The Morgan fingerprint density at radius 3 is 2.79 bits per heavy atom. The number of pyridine rings is 1. The molecule has 19 heavy (non-hydrogen) atoms. The van der Waals surface area contributed by atoms with Crippen molar-refractivity contribution in [1.29, 1.82) is 0 Å². The van der Waals surface area contributed by atoms with Crippen LogP contribution in [-0.2, 0) is 10.0 Å². The van der Waals surface area contributed by atoms with Crippen LogP contribution in [0.15, 0.2) is 33.3 Å². The maximum Gasteiger partial charge on any atom is 0.267 e. The van der Waals surface area contributed by atoms with Crippen molar-refractivity contribution in [2.45, 2.75) is 4.34 Å². The van der Waals surface area contributed by atoms with Crippen LogP contribution in [0.25, 0.3) is 16.3 Å². The third-order valence-electron chi connectivity index (χ3n) is 2.29. The molecule has 0 atom stereocenters. The maximum absolute atomic E-state index is 11.3. The molecule has 0 spiro atoms. The average molecular weight is 360 g/mol. The minimum atomic E-state index is -3.84. The third-order valence-corrected chi connectivity index (χ3v) is 5.06. The molecule has 3 aromatic heterocycles. The highest BCUT2D eigenvalue weighted by atomic mass is 79.9. The lowest BCUT2D eigenvalue weighted by Gasteiger charge is -1.97. The van der Waals surface area contributed by atoms with Crippen molar-refractivity contribution in [3.05, 3.63) is 29.0 Å². The number of rotatable bonds is 2. The van der Waals surface area contributed by atoms with Crippen molar-refractivity contribution >= 4 is 42.3 Å². The second kappa shape index (κ2) is 4.34. The molecule has 0 radical (unpaired) electrons. The minimum Gasteiger partial charge on any atom is -0.255 e. The van der Waals surface area contributed by atoms with Crippen LogP contribution in [0.4, 0.5) is 0 Å². The summed E-state index contributed by atoms with van der Waals surface area (Å²) in [6, 6.07) is 5.39. The van der Waals surface area contributed by atoms with E-state index in [0.29, 0.717) is 21.0 Å². The number of fused-ring (bicyclic) bond motifs is 1. The van der Waals surface area contributed by atoms with E-state index in [2.05, 4.69) is 31.0 Å². The zero-order chi connectivity index (χ0) is 13.6. The summed E-state index contributed by atoms with van der Waals surface area (Å²) >= 11 is 4.22. The summed E-state index contributed by atoms with van der Waals surface area (Å²) in [5, 5.41) is 9.03. The van der Waals surface area contributed by atoms with Gasteiger partial charge in [-0.05, 0) is 28.1 Å².